The first-order valence-electron chi connectivity index (χ1n) is 6.31. The maximum atomic E-state index is 11.2. The maximum absolute atomic E-state index is 11.2. The van der Waals surface area contributed by atoms with Crippen LogP contribution in [-0.4, -0.2) is 30.1 Å². The predicted octanol–water partition coefficient (Wildman–Crippen LogP) is 1.26. The summed E-state index contributed by atoms with van der Waals surface area (Å²) < 4.78 is 0. The van der Waals surface area contributed by atoms with Gasteiger partial charge in [0, 0.05) is 18.8 Å². The van der Waals surface area contributed by atoms with Crippen molar-refractivity contribution >= 4 is 17.7 Å². The lowest BCUT2D eigenvalue weighted by Gasteiger charge is -2.30. The van der Waals surface area contributed by atoms with Crippen LogP contribution in [0.1, 0.15) is 12.0 Å². The van der Waals surface area contributed by atoms with E-state index in [0.29, 0.717) is 0 Å². The Morgan fingerprint density at radius 3 is 3.00 bits per heavy atom. The molecule has 18 heavy (non-hydrogen) atoms. The number of nitrogens with one attached hydrogen (secondary N) is 1. The molecule has 4 heteroatoms. The second-order valence-electron chi connectivity index (χ2n) is 4.92. The van der Waals surface area contributed by atoms with Crippen LogP contribution in [0.15, 0.2) is 30.3 Å². The van der Waals surface area contributed by atoms with Gasteiger partial charge in [0.2, 0.25) is 5.91 Å². The van der Waals surface area contributed by atoms with E-state index in [1.165, 1.54) is 5.56 Å². The Hall–Kier alpha value is -1.81. The van der Waals surface area contributed by atoms with Crippen molar-refractivity contribution in [2.75, 3.05) is 18.4 Å². The van der Waals surface area contributed by atoms with Gasteiger partial charge in [-0.1, -0.05) is 24.3 Å². The van der Waals surface area contributed by atoms with Gasteiger partial charge in [0.05, 0.1) is 12.1 Å². The number of primary amides is 1. The fraction of sp³-hybridized carbons (Fsp3) is 0.357. The summed E-state index contributed by atoms with van der Waals surface area (Å²) in [5.74, 6) is -0.185. The van der Waals surface area contributed by atoms with Crippen molar-refractivity contribution in [3.05, 3.63) is 35.9 Å². The molecular weight excluding hydrogens is 226 g/mol. The second kappa shape index (κ2) is 4.46. The first-order valence-corrected chi connectivity index (χ1v) is 6.31. The lowest BCUT2D eigenvalue weighted by Crippen LogP contribution is -2.40. The molecule has 2 aliphatic rings. The van der Waals surface area contributed by atoms with Gasteiger partial charge in [-0.25, -0.2) is 0 Å². The molecule has 1 fully saturated rings. The third kappa shape index (κ3) is 1.99. The highest BCUT2D eigenvalue weighted by Gasteiger charge is 2.31. The van der Waals surface area contributed by atoms with Crippen molar-refractivity contribution in [1.82, 2.24) is 4.90 Å². The highest BCUT2D eigenvalue weighted by Crippen LogP contribution is 2.26. The average Bonchev–Trinajstić information content (AvgIpc) is 2.88. The summed E-state index contributed by atoms with van der Waals surface area (Å²) in [6, 6.07) is 8.22. The van der Waals surface area contributed by atoms with Crippen LogP contribution in [0.4, 0.5) is 5.69 Å². The van der Waals surface area contributed by atoms with Crippen LogP contribution in [0.3, 0.4) is 0 Å². The van der Waals surface area contributed by atoms with Gasteiger partial charge in [-0.05, 0) is 24.1 Å². The highest BCUT2D eigenvalue weighted by molar-refractivity contribution is 5.77. The Bertz CT molecular complexity index is 498. The SMILES string of the molecule is NC(=O)C1CCN(C2C=Cc3ccccc3N2)C1. The number of hydrogen-bond acceptors (Lipinski definition) is 3. The van der Waals surface area contributed by atoms with Gasteiger partial charge in [-0.3, -0.25) is 9.69 Å². The average molecular weight is 243 g/mol. The summed E-state index contributed by atoms with van der Waals surface area (Å²) >= 11 is 0. The number of para-hydroxylation sites is 1. The van der Waals surface area contributed by atoms with Crippen LogP contribution in [0.5, 0.6) is 0 Å². The Morgan fingerprint density at radius 1 is 1.39 bits per heavy atom. The number of benzene rings is 1. The van der Waals surface area contributed by atoms with Gasteiger partial charge < -0.3 is 11.1 Å². The fourth-order valence-electron chi connectivity index (χ4n) is 2.66. The van der Waals surface area contributed by atoms with E-state index in [2.05, 4.69) is 34.5 Å². The second-order valence-corrected chi connectivity index (χ2v) is 4.92. The van der Waals surface area contributed by atoms with E-state index in [0.717, 1.165) is 25.2 Å². The van der Waals surface area contributed by atoms with Crippen LogP contribution in [0.25, 0.3) is 6.08 Å². The summed E-state index contributed by atoms with van der Waals surface area (Å²) in [6.07, 6.45) is 5.31. The third-order valence-corrected chi connectivity index (χ3v) is 3.74. The number of nitrogens with zero attached hydrogens (tertiary/aromatic N) is 1. The minimum absolute atomic E-state index is 0.00243. The molecule has 0 aliphatic carbocycles. The lowest BCUT2D eigenvalue weighted by atomic mass is 10.1. The molecule has 2 atom stereocenters. The highest BCUT2D eigenvalue weighted by atomic mass is 16.1. The molecule has 0 radical (unpaired) electrons. The minimum atomic E-state index is -0.183. The van der Waals surface area contributed by atoms with Crippen molar-refractivity contribution in [3.8, 4) is 0 Å². The Morgan fingerprint density at radius 2 is 2.22 bits per heavy atom. The van der Waals surface area contributed by atoms with Crippen molar-refractivity contribution in [2.24, 2.45) is 11.7 Å². The molecule has 0 aromatic heterocycles. The maximum Gasteiger partial charge on any atom is 0.221 e. The van der Waals surface area contributed by atoms with E-state index in [1.54, 1.807) is 0 Å². The zero-order valence-corrected chi connectivity index (χ0v) is 10.2. The summed E-state index contributed by atoms with van der Waals surface area (Å²) in [5, 5.41) is 3.49. The molecule has 3 N–H and O–H groups in total. The largest absolute Gasteiger partial charge is 0.369 e. The van der Waals surface area contributed by atoms with Crippen LogP contribution in [-0.2, 0) is 4.79 Å². The molecule has 0 saturated carbocycles. The van der Waals surface area contributed by atoms with E-state index in [4.69, 9.17) is 5.73 Å². The Kier molecular flexibility index (Phi) is 2.80. The van der Waals surface area contributed by atoms with Gasteiger partial charge in [0.1, 0.15) is 0 Å². The van der Waals surface area contributed by atoms with Crippen LogP contribution in [0.2, 0.25) is 0 Å². The molecule has 4 nitrogen and oxygen atoms in total. The summed E-state index contributed by atoms with van der Waals surface area (Å²) in [5.41, 5.74) is 7.72. The van der Waals surface area contributed by atoms with Crippen LogP contribution < -0.4 is 11.1 Å². The summed E-state index contributed by atoms with van der Waals surface area (Å²) in [7, 11) is 0. The fourth-order valence-corrected chi connectivity index (χ4v) is 2.66. The molecule has 0 spiro atoms. The molecule has 1 amide bonds. The van der Waals surface area contributed by atoms with Crippen molar-refractivity contribution in [3.63, 3.8) is 0 Å². The number of carbonyl (C=O) groups is 1. The third-order valence-electron chi connectivity index (χ3n) is 3.74. The molecule has 2 aliphatic heterocycles. The molecule has 0 bridgehead atoms. The first-order chi connectivity index (χ1) is 8.74. The van der Waals surface area contributed by atoms with Crippen LogP contribution >= 0.6 is 0 Å². The molecular formula is C14H17N3O. The standard InChI is InChI=1S/C14H17N3O/c15-14(18)11-7-8-17(9-11)13-6-5-10-3-1-2-4-12(10)16-13/h1-6,11,13,16H,7-9H2,(H2,15,18). The topological polar surface area (TPSA) is 58.4 Å². The van der Waals surface area contributed by atoms with Crippen molar-refractivity contribution < 1.29 is 4.79 Å². The number of anilines is 1. The minimum Gasteiger partial charge on any atom is -0.369 e. The molecule has 2 unspecified atom stereocenters. The van der Waals surface area contributed by atoms with E-state index in [1.807, 2.05) is 12.1 Å². The number of rotatable bonds is 2. The first kappa shape index (κ1) is 11.3. The number of likely N-dealkylation sites (tertiary alicyclic amines) is 1. The molecule has 1 saturated heterocycles. The Balaban J connectivity index is 1.72. The van der Waals surface area contributed by atoms with Gasteiger partial charge in [-0.2, -0.15) is 0 Å². The zero-order chi connectivity index (χ0) is 12.5. The monoisotopic (exact) mass is 243 g/mol. The van der Waals surface area contributed by atoms with Crippen molar-refractivity contribution in [2.45, 2.75) is 12.6 Å². The number of amides is 1. The number of carbonyl (C=O) groups excluding carboxylic acids is 1. The number of nitrogens with two attached hydrogens (primary N) is 1. The van der Waals surface area contributed by atoms with Crippen molar-refractivity contribution in [1.29, 1.82) is 0 Å². The predicted molar refractivity (Wildman–Crippen MR) is 71.8 cm³/mol. The van der Waals surface area contributed by atoms with Gasteiger partial charge in [0.15, 0.2) is 0 Å². The summed E-state index contributed by atoms with van der Waals surface area (Å²) in [6.45, 7) is 1.66. The quantitative estimate of drug-likeness (QED) is 0.822. The molecule has 94 valence electrons. The van der Waals surface area contributed by atoms with Gasteiger partial charge in [0.25, 0.3) is 0 Å². The van der Waals surface area contributed by atoms with Gasteiger partial charge in [-0.15, -0.1) is 0 Å². The number of hydrogen-bond donors (Lipinski definition) is 2. The van der Waals surface area contributed by atoms with E-state index < -0.39 is 0 Å². The number of fused-ring (bicyclic) bond motifs is 1. The molecule has 1 aromatic rings. The molecule has 3 rings (SSSR count). The van der Waals surface area contributed by atoms with E-state index in [9.17, 15) is 4.79 Å². The van der Waals surface area contributed by atoms with Gasteiger partial charge >= 0.3 is 0 Å². The Labute approximate surface area is 106 Å². The zero-order valence-electron chi connectivity index (χ0n) is 10.2. The molecule has 2 heterocycles. The van der Waals surface area contributed by atoms with E-state index in [-0.39, 0.29) is 18.0 Å². The normalized spacial score (nSPS) is 26.7. The smallest absolute Gasteiger partial charge is 0.221 e. The van der Waals surface area contributed by atoms with E-state index >= 15 is 0 Å². The summed E-state index contributed by atoms with van der Waals surface area (Å²) in [4.78, 5) is 13.5. The lowest BCUT2D eigenvalue weighted by molar-refractivity contribution is -0.121. The van der Waals surface area contributed by atoms with Crippen LogP contribution in [0, 0.1) is 5.92 Å². The molecule has 1 aromatic carbocycles.